The first-order chi connectivity index (χ1) is 7.55. The molecule has 1 fully saturated rings. The summed E-state index contributed by atoms with van der Waals surface area (Å²) in [6, 6.07) is 5.42. The summed E-state index contributed by atoms with van der Waals surface area (Å²) in [5, 5.41) is 11.3. The van der Waals surface area contributed by atoms with E-state index in [4.69, 9.17) is 16.3 Å². The average Bonchev–Trinajstić information content (AvgIpc) is 2.60. The van der Waals surface area contributed by atoms with Gasteiger partial charge in [0.1, 0.15) is 5.75 Å². The van der Waals surface area contributed by atoms with E-state index in [1.54, 1.807) is 13.2 Å². The molecular formula is C13H17ClO2. The van der Waals surface area contributed by atoms with Gasteiger partial charge >= 0.3 is 0 Å². The Balaban J connectivity index is 2.42. The van der Waals surface area contributed by atoms with Crippen molar-refractivity contribution in [2.24, 2.45) is 5.92 Å². The highest BCUT2D eigenvalue weighted by Gasteiger charge is 2.38. The Bertz CT molecular complexity index is 392. The summed E-state index contributed by atoms with van der Waals surface area (Å²) >= 11 is 5.98. The summed E-state index contributed by atoms with van der Waals surface area (Å²) in [5.74, 6) is 1.27. The monoisotopic (exact) mass is 240 g/mol. The maximum Gasteiger partial charge on any atom is 0.125 e. The van der Waals surface area contributed by atoms with Crippen molar-refractivity contribution >= 4 is 11.6 Å². The van der Waals surface area contributed by atoms with Gasteiger partial charge in [0.05, 0.1) is 12.7 Å². The molecule has 0 aliphatic heterocycles. The third-order valence-electron chi connectivity index (χ3n) is 3.40. The number of benzene rings is 1. The number of hydrogen-bond donors (Lipinski definition) is 1. The molecule has 1 aliphatic carbocycles. The van der Waals surface area contributed by atoms with Crippen LogP contribution >= 0.6 is 11.6 Å². The molecule has 1 aromatic rings. The molecule has 0 spiro atoms. The first kappa shape index (κ1) is 11.7. The third kappa shape index (κ3) is 2.04. The van der Waals surface area contributed by atoms with Crippen molar-refractivity contribution in [3.05, 3.63) is 28.8 Å². The lowest BCUT2D eigenvalue weighted by molar-refractivity contribution is 0.0383. The number of aliphatic hydroxyl groups is 1. The van der Waals surface area contributed by atoms with Gasteiger partial charge in [0.15, 0.2) is 0 Å². The molecule has 1 aromatic carbocycles. The molecule has 2 rings (SSSR count). The van der Waals surface area contributed by atoms with Crippen molar-refractivity contribution in [3.63, 3.8) is 0 Å². The summed E-state index contributed by atoms with van der Waals surface area (Å²) < 4.78 is 5.29. The maximum absolute atomic E-state index is 10.6. The smallest absolute Gasteiger partial charge is 0.125 e. The van der Waals surface area contributed by atoms with Crippen molar-refractivity contribution in [2.75, 3.05) is 7.11 Å². The van der Waals surface area contributed by atoms with Crippen LogP contribution in [0.2, 0.25) is 5.02 Å². The first-order valence-electron chi connectivity index (χ1n) is 5.61. The molecule has 1 saturated carbocycles. The van der Waals surface area contributed by atoms with Crippen LogP contribution in [0.4, 0.5) is 0 Å². The lowest BCUT2D eigenvalue weighted by Crippen LogP contribution is -2.22. The number of ether oxygens (including phenoxy) is 1. The second-order valence-corrected chi connectivity index (χ2v) is 5.16. The largest absolute Gasteiger partial charge is 0.496 e. The minimum Gasteiger partial charge on any atom is -0.496 e. The average molecular weight is 241 g/mol. The molecule has 0 saturated heterocycles. The van der Waals surface area contributed by atoms with E-state index in [9.17, 15) is 5.11 Å². The van der Waals surface area contributed by atoms with Crippen LogP contribution in [0.25, 0.3) is 0 Å². The summed E-state index contributed by atoms with van der Waals surface area (Å²) in [4.78, 5) is 0. The van der Waals surface area contributed by atoms with Gasteiger partial charge in [-0.1, -0.05) is 18.5 Å². The zero-order chi connectivity index (χ0) is 11.8. The van der Waals surface area contributed by atoms with E-state index in [1.165, 1.54) is 0 Å². The van der Waals surface area contributed by atoms with Gasteiger partial charge in [0.2, 0.25) is 0 Å². The van der Waals surface area contributed by atoms with Crippen LogP contribution in [0.3, 0.4) is 0 Å². The standard InChI is InChI=1S/C13H17ClO2/c1-9-5-6-13(15,8-9)11-7-10(14)3-4-12(11)16-2/h3-4,7,9,15H,5-6,8H2,1-2H3. The highest BCUT2D eigenvalue weighted by molar-refractivity contribution is 6.30. The Labute approximate surface area is 101 Å². The normalized spacial score (nSPS) is 29.4. The number of halogens is 1. The lowest BCUT2D eigenvalue weighted by Gasteiger charge is -2.25. The topological polar surface area (TPSA) is 29.5 Å². The Hall–Kier alpha value is -0.730. The summed E-state index contributed by atoms with van der Waals surface area (Å²) in [6.45, 7) is 2.16. The van der Waals surface area contributed by atoms with Crippen LogP contribution in [-0.2, 0) is 5.60 Å². The van der Waals surface area contributed by atoms with E-state index < -0.39 is 5.60 Å². The summed E-state index contributed by atoms with van der Waals surface area (Å²) in [6.07, 6.45) is 2.61. The van der Waals surface area contributed by atoms with Gasteiger partial charge in [-0.15, -0.1) is 0 Å². The van der Waals surface area contributed by atoms with E-state index in [0.717, 1.165) is 30.6 Å². The molecule has 88 valence electrons. The van der Waals surface area contributed by atoms with Gasteiger partial charge in [-0.2, -0.15) is 0 Å². The fraction of sp³-hybridized carbons (Fsp3) is 0.538. The molecule has 0 amide bonds. The second kappa shape index (κ2) is 4.27. The van der Waals surface area contributed by atoms with Crippen molar-refractivity contribution in [3.8, 4) is 5.75 Å². The predicted molar refractivity (Wildman–Crippen MR) is 64.9 cm³/mol. The van der Waals surface area contributed by atoms with Gasteiger partial charge in [-0.05, 0) is 43.4 Å². The summed E-state index contributed by atoms with van der Waals surface area (Å²) in [5.41, 5.74) is 0.0576. The van der Waals surface area contributed by atoms with E-state index in [2.05, 4.69) is 6.92 Å². The van der Waals surface area contributed by atoms with Crippen molar-refractivity contribution in [1.29, 1.82) is 0 Å². The minimum atomic E-state index is -0.768. The van der Waals surface area contributed by atoms with E-state index in [1.807, 2.05) is 12.1 Å². The number of methoxy groups -OCH3 is 1. The molecule has 2 unspecified atom stereocenters. The maximum atomic E-state index is 10.6. The SMILES string of the molecule is COc1ccc(Cl)cc1C1(O)CCC(C)C1. The molecule has 2 atom stereocenters. The van der Waals surface area contributed by atoms with Gasteiger partial charge in [-0.3, -0.25) is 0 Å². The quantitative estimate of drug-likeness (QED) is 0.859. The molecule has 0 heterocycles. The molecule has 0 aromatic heterocycles. The Morgan fingerprint density at radius 3 is 2.81 bits per heavy atom. The van der Waals surface area contributed by atoms with E-state index in [-0.39, 0.29) is 0 Å². The Kier molecular flexibility index (Phi) is 3.13. The van der Waals surface area contributed by atoms with Crippen molar-refractivity contribution in [2.45, 2.75) is 31.8 Å². The lowest BCUT2D eigenvalue weighted by atomic mass is 9.90. The van der Waals surface area contributed by atoms with Crippen LogP contribution in [0.5, 0.6) is 5.75 Å². The molecule has 1 N–H and O–H groups in total. The van der Waals surface area contributed by atoms with Gasteiger partial charge < -0.3 is 9.84 Å². The highest BCUT2D eigenvalue weighted by atomic mass is 35.5. The Morgan fingerprint density at radius 1 is 1.50 bits per heavy atom. The predicted octanol–water partition coefficient (Wildman–Crippen LogP) is 3.36. The molecule has 0 bridgehead atoms. The number of rotatable bonds is 2. The molecule has 2 nitrogen and oxygen atoms in total. The van der Waals surface area contributed by atoms with Crippen LogP contribution in [0, 0.1) is 5.92 Å². The molecule has 0 radical (unpaired) electrons. The molecule has 16 heavy (non-hydrogen) atoms. The molecule has 3 heteroatoms. The molecule has 1 aliphatic rings. The van der Waals surface area contributed by atoms with Crippen molar-refractivity contribution in [1.82, 2.24) is 0 Å². The van der Waals surface area contributed by atoms with Crippen LogP contribution in [-0.4, -0.2) is 12.2 Å². The van der Waals surface area contributed by atoms with Crippen LogP contribution < -0.4 is 4.74 Å². The van der Waals surface area contributed by atoms with Gasteiger partial charge in [0.25, 0.3) is 0 Å². The van der Waals surface area contributed by atoms with Gasteiger partial charge in [0, 0.05) is 10.6 Å². The first-order valence-corrected chi connectivity index (χ1v) is 5.99. The Morgan fingerprint density at radius 2 is 2.25 bits per heavy atom. The van der Waals surface area contributed by atoms with E-state index in [0.29, 0.717) is 10.9 Å². The number of hydrogen-bond acceptors (Lipinski definition) is 2. The fourth-order valence-electron chi connectivity index (χ4n) is 2.55. The zero-order valence-corrected chi connectivity index (χ0v) is 10.4. The second-order valence-electron chi connectivity index (χ2n) is 4.72. The van der Waals surface area contributed by atoms with Gasteiger partial charge in [-0.25, -0.2) is 0 Å². The zero-order valence-electron chi connectivity index (χ0n) is 9.66. The fourth-order valence-corrected chi connectivity index (χ4v) is 2.73. The van der Waals surface area contributed by atoms with E-state index >= 15 is 0 Å². The molecular weight excluding hydrogens is 224 g/mol. The summed E-state index contributed by atoms with van der Waals surface area (Å²) in [7, 11) is 1.62. The third-order valence-corrected chi connectivity index (χ3v) is 3.63. The van der Waals surface area contributed by atoms with Crippen molar-refractivity contribution < 1.29 is 9.84 Å². The van der Waals surface area contributed by atoms with Crippen LogP contribution in [0.15, 0.2) is 18.2 Å². The minimum absolute atomic E-state index is 0.550. The van der Waals surface area contributed by atoms with Crippen LogP contribution in [0.1, 0.15) is 31.7 Å². The highest BCUT2D eigenvalue weighted by Crippen LogP contribution is 2.45.